The highest BCUT2D eigenvalue weighted by Crippen LogP contribution is 2.19. The van der Waals surface area contributed by atoms with E-state index in [9.17, 15) is 14.4 Å². The van der Waals surface area contributed by atoms with Gasteiger partial charge >= 0.3 is 12.2 Å². The lowest BCUT2D eigenvalue weighted by molar-refractivity contribution is -0.111. The van der Waals surface area contributed by atoms with Gasteiger partial charge < -0.3 is 29.2 Å². The lowest BCUT2D eigenvalue weighted by Gasteiger charge is -2.27. The fourth-order valence-corrected chi connectivity index (χ4v) is 3.65. The Morgan fingerprint density at radius 3 is 1.72 bits per heavy atom. The quantitative estimate of drug-likeness (QED) is 0.343. The Morgan fingerprint density at radius 1 is 0.917 bits per heavy atom. The van der Waals surface area contributed by atoms with Crippen LogP contribution in [0.2, 0.25) is 0 Å². The summed E-state index contributed by atoms with van der Waals surface area (Å²) in [6.07, 6.45) is 6.28. The van der Waals surface area contributed by atoms with Gasteiger partial charge in [0.2, 0.25) is 0 Å². The molecule has 0 aromatic carbocycles. The number of hydrogen-bond donors (Lipinski definition) is 1. The van der Waals surface area contributed by atoms with Crippen molar-refractivity contribution < 1.29 is 30.3 Å². The van der Waals surface area contributed by atoms with Crippen LogP contribution in [0.25, 0.3) is 0 Å². The minimum atomic E-state index is -0.472. The second-order valence-electron chi connectivity index (χ2n) is 10.8. The fourth-order valence-electron chi connectivity index (χ4n) is 3.65. The number of aliphatic hydroxyl groups excluding tert-OH is 1. The van der Waals surface area contributed by atoms with Crippen LogP contribution in [-0.4, -0.2) is 84.0 Å². The molecule has 3 atom stereocenters. The standard InChI is InChI=1S/C12H23NO3.C12H21NO3.CH5P.2CH4/c2*1-12(2,3)16-11(15)13-7-5-4-6-10(8-13)9-14;1-2;;/h10,14H,4-9H2,1-3H3;9-10H,4-8H2,1-3H3;2H2,1H3;2*1H4/i;;1D;;. The third-order valence-electron chi connectivity index (χ3n) is 5.23. The summed E-state index contributed by atoms with van der Waals surface area (Å²) in [4.78, 5) is 37.8. The van der Waals surface area contributed by atoms with E-state index in [1.54, 1.807) is 9.80 Å². The van der Waals surface area contributed by atoms with E-state index in [0.29, 0.717) is 26.3 Å². The first-order valence-electron chi connectivity index (χ1n) is 13.0. The van der Waals surface area contributed by atoms with Crippen LogP contribution in [0.4, 0.5) is 9.59 Å². The van der Waals surface area contributed by atoms with Crippen molar-refractivity contribution in [3.63, 3.8) is 0 Å². The Hall–Kier alpha value is -1.40. The molecule has 3 unspecified atom stereocenters. The van der Waals surface area contributed by atoms with Gasteiger partial charge in [0.15, 0.2) is 0 Å². The second-order valence-corrected chi connectivity index (χ2v) is 10.8. The molecule has 0 radical (unpaired) electrons. The molecule has 9 heteroatoms. The maximum atomic E-state index is 11.9. The predicted octanol–water partition coefficient (Wildman–Crippen LogP) is 6.00. The van der Waals surface area contributed by atoms with Crippen LogP contribution in [0, 0.1) is 11.8 Å². The zero-order valence-corrected chi connectivity index (χ0v) is 23.3. The molecule has 0 aromatic rings. The molecule has 216 valence electrons. The van der Waals surface area contributed by atoms with Gasteiger partial charge in [0.25, 0.3) is 0 Å². The fraction of sp³-hybridized carbons (Fsp3) is 0.889. The van der Waals surface area contributed by atoms with Crippen molar-refractivity contribution in [2.45, 2.75) is 106 Å². The highest BCUT2D eigenvalue weighted by Gasteiger charge is 2.27. The first-order valence-corrected chi connectivity index (χ1v) is 13.1. The van der Waals surface area contributed by atoms with Gasteiger partial charge in [-0.2, -0.15) is 0 Å². The predicted molar refractivity (Wildman–Crippen MR) is 153 cm³/mol. The molecule has 0 bridgehead atoms. The highest BCUT2D eigenvalue weighted by atomic mass is 31.0. The highest BCUT2D eigenvalue weighted by molar-refractivity contribution is 7.15. The zero-order valence-electron chi connectivity index (χ0n) is 23.2. The molecule has 0 aromatic heterocycles. The van der Waals surface area contributed by atoms with Gasteiger partial charge in [-0.25, -0.2) is 9.59 Å². The summed E-state index contributed by atoms with van der Waals surface area (Å²) in [6, 6.07) is 0. The Labute approximate surface area is 225 Å². The van der Waals surface area contributed by atoms with Gasteiger partial charge in [0.1, 0.15) is 17.5 Å². The molecular weight excluding hydrogens is 479 g/mol. The van der Waals surface area contributed by atoms with E-state index in [1.165, 1.54) is 0 Å². The summed E-state index contributed by atoms with van der Waals surface area (Å²) in [6.45, 7) is 14.3. The van der Waals surface area contributed by atoms with Gasteiger partial charge in [0.05, 0.1) is 0 Å². The lowest BCUT2D eigenvalue weighted by Crippen LogP contribution is -2.39. The number of aldehydes is 1. The SMILES string of the molecule is C.C.CC(C)(C)OC(=O)N1CCCCC(C=O)C1.CC(C)(C)OC(=O)N1CCCCC(CO)C1.[2H]CP. The molecule has 2 rings (SSSR count). The van der Waals surface area contributed by atoms with Crippen molar-refractivity contribution >= 4 is 27.7 Å². The Kier molecular flexibility index (Phi) is 20.1. The van der Waals surface area contributed by atoms with E-state index < -0.39 is 11.2 Å². The Balaban J connectivity index is -0.000000538. The first-order chi connectivity index (χ1) is 16.3. The molecule has 2 amide bonds. The molecule has 2 saturated heterocycles. The number of carbonyl (C=O) groups is 3. The maximum Gasteiger partial charge on any atom is 0.410 e. The number of amides is 2. The van der Waals surface area contributed by atoms with E-state index in [4.69, 9.17) is 16.0 Å². The number of carbonyl (C=O) groups excluding carboxylic acids is 3. The average molecular weight is 538 g/mol. The minimum absolute atomic E-state index is 0. The molecule has 2 heterocycles. The summed E-state index contributed by atoms with van der Waals surface area (Å²) in [7, 11) is 2.25. The van der Waals surface area contributed by atoms with Crippen LogP contribution in [0.3, 0.4) is 0 Å². The number of aliphatic hydroxyl groups is 1. The van der Waals surface area contributed by atoms with Crippen LogP contribution < -0.4 is 0 Å². The van der Waals surface area contributed by atoms with Crippen LogP contribution in [-0.2, 0) is 14.3 Å². The number of nitrogens with zero attached hydrogens (tertiary/aromatic N) is 2. The molecule has 1 N–H and O–H groups in total. The van der Waals surface area contributed by atoms with Crippen molar-refractivity contribution in [2.24, 2.45) is 11.8 Å². The van der Waals surface area contributed by atoms with Crippen LogP contribution in [0.5, 0.6) is 0 Å². The first kappa shape index (κ1) is 36.8. The third-order valence-corrected chi connectivity index (χ3v) is 5.23. The van der Waals surface area contributed by atoms with Gasteiger partial charge in [0, 0.05) is 40.1 Å². The van der Waals surface area contributed by atoms with E-state index in [0.717, 1.165) is 51.4 Å². The van der Waals surface area contributed by atoms with Gasteiger partial charge in [-0.15, -0.1) is 9.24 Å². The number of ether oxygens (including phenoxy) is 2. The molecule has 36 heavy (non-hydrogen) atoms. The Morgan fingerprint density at radius 2 is 1.33 bits per heavy atom. The number of likely N-dealkylation sites (tertiary alicyclic amines) is 2. The molecule has 0 aliphatic carbocycles. The molecule has 0 spiro atoms. The Bertz CT molecular complexity index is 625. The lowest BCUT2D eigenvalue weighted by atomic mass is 10.1. The number of rotatable bonds is 2. The van der Waals surface area contributed by atoms with E-state index in [1.807, 2.05) is 41.5 Å². The van der Waals surface area contributed by atoms with Gasteiger partial charge in [-0.1, -0.05) is 34.3 Å². The van der Waals surface area contributed by atoms with Crippen molar-refractivity contribution in [3.05, 3.63) is 0 Å². The second kappa shape index (κ2) is 19.7. The summed E-state index contributed by atoms with van der Waals surface area (Å²) < 4.78 is 16.8. The summed E-state index contributed by atoms with van der Waals surface area (Å²) in [5.41, 5.74) is -0.918. The summed E-state index contributed by atoms with van der Waals surface area (Å²) in [5, 5.41) is 9.17. The summed E-state index contributed by atoms with van der Waals surface area (Å²) >= 11 is 0. The van der Waals surface area contributed by atoms with Crippen LogP contribution >= 0.6 is 9.24 Å². The topological polar surface area (TPSA) is 96.4 Å². The normalized spacial score (nSPS) is 20.6. The van der Waals surface area contributed by atoms with Crippen LogP contribution in [0.15, 0.2) is 0 Å². The van der Waals surface area contributed by atoms with Crippen molar-refractivity contribution in [2.75, 3.05) is 39.4 Å². The van der Waals surface area contributed by atoms with Crippen LogP contribution in [0.1, 0.15) is 96.3 Å². The average Bonchev–Trinajstić information content (AvgIpc) is 3.13. The van der Waals surface area contributed by atoms with Crippen molar-refractivity contribution in [1.29, 1.82) is 0 Å². The number of hydrogen-bond acceptors (Lipinski definition) is 6. The molecule has 2 aliphatic rings. The molecule has 8 nitrogen and oxygen atoms in total. The van der Waals surface area contributed by atoms with E-state index >= 15 is 0 Å². The maximum absolute atomic E-state index is 11.9. The monoisotopic (exact) mass is 537 g/mol. The largest absolute Gasteiger partial charge is 0.444 e. The molecule has 2 fully saturated rings. The van der Waals surface area contributed by atoms with Crippen molar-refractivity contribution in [3.8, 4) is 0 Å². The minimum Gasteiger partial charge on any atom is -0.444 e. The molecular formula is C27H57N2O6P. The summed E-state index contributed by atoms with van der Waals surface area (Å²) in [5.74, 6) is 0.171. The van der Waals surface area contributed by atoms with E-state index in [2.05, 4.69) is 9.24 Å². The van der Waals surface area contributed by atoms with Crippen molar-refractivity contribution in [1.82, 2.24) is 9.80 Å². The van der Waals surface area contributed by atoms with Gasteiger partial charge in [-0.05, 0) is 73.1 Å². The van der Waals surface area contributed by atoms with E-state index in [-0.39, 0.29) is 45.5 Å². The molecule has 0 saturated carbocycles. The molecule has 2 aliphatic heterocycles. The third kappa shape index (κ3) is 17.9. The smallest absolute Gasteiger partial charge is 0.410 e. The zero-order chi connectivity index (χ0) is 27.1. The van der Waals surface area contributed by atoms with Gasteiger partial charge in [-0.3, -0.25) is 0 Å².